The molecular formula is C14H18O6. The first-order valence-corrected chi connectivity index (χ1v) is 5.52. The number of carboxylic acid groups (broad SMARTS) is 2. The maximum Gasteiger partial charge on any atom is 0.300 e. The number of hydrogen-bond donors (Lipinski definition) is 4. The summed E-state index contributed by atoms with van der Waals surface area (Å²) in [5.74, 6) is 3.24. The first-order valence-electron chi connectivity index (χ1n) is 5.52. The zero-order valence-electron chi connectivity index (χ0n) is 11.3. The Labute approximate surface area is 117 Å². The molecule has 0 fully saturated rings. The highest BCUT2D eigenvalue weighted by atomic mass is 16.4. The van der Waals surface area contributed by atoms with E-state index in [2.05, 4.69) is 11.8 Å². The predicted molar refractivity (Wildman–Crippen MR) is 72.9 cm³/mol. The van der Waals surface area contributed by atoms with E-state index in [0.717, 1.165) is 19.4 Å². The molecule has 0 aliphatic carbocycles. The van der Waals surface area contributed by atoms with Crippen LogP contribution in [0.5, 0.6) is 0 Å². The Morgan fingerprint density at radius 2 is 1.50 bits per heavy atom. The van der Waals surface area contributed by atoms with Gasteiger partial charge in [-0.15, -0.1) is 0 Å². The van der Waals surface area contributed by atoms with Gasteiger partial charge in [-0.25, -0.2) is 0 Å². The number of carboxylic acids is 2. The second-order valence-corrected chi connectivity index (χ2v) is 3.33. The van der Waals surface area contributed by atoms with Crippen molar-refractivity contribution in [1.29, 1.82) is 0 Å². The fourth-order valence-corrected chi connectivity index (χ4v) is 0.861. The lowest BCUT2D eigenvalue weighted by molar-refractivity contribution is -0.135. The minimum atomic E-state index is -0.833. The zero-order valence-corrected chi connectivity index (χ0v) is 11.3. The standard InChI is InChI=1S/C10H10O2.2C2H4O2/c11-8-4-7-10(12)9-5-2-1-3-6-9;2*1-2(3)4/h1-3,5-6,10-12H,8H2;2*1H3,(H,3,4). The van der Waals surface area contributed by atoms with Crippen LogP contribution in [0, 0.1) is 11.8 Å². The van der Waals surface area contributed by atoms with Gasteiger partial charge in [0.25, 0.3) is 11.9 Å². The van der Waals surface area contributed by atoms with Gasteiger partial charge in [0.1, 0.15) is 12.7 Å². The lowest BCUT2D eigenvalue weighted by atomic mass is 10.1. The Kier molecular flexibility index (Phi) is 13.1. The molecule has 1 atom stereocenters. The van der Waals surface area contributed by atoms with Crippen LogP contribution >= 0.6 is 0 Å². The Morgan fingerprint density at radius 3 is 1.85 bits per heavy atom. The molecule has 0 aliphatic heterocycles. The van der Waals surface area contributed by atoms with Crippen molar-refractivity contribution in [2.75, 3.05) is 6.61 Å². The number of benzene rings is 1. The quantitative estimate of drug-likeness (QED) is 0.569. The fourth-order valence-electron chi connectivity index (χ4n) is 0.861. The summed E-state index contributed by atoms with van der Waals surface area (Å²) in [5, 5.41) is 32.6. The molecule has 1 unspecified atom stereocenters. The summed E-state index contributed by atoms with van der Waals surface area (Å²) in [6.07, 6.45) is -0.793. The van der Waals surface area contributed by atoms with Crippen molar-refractivity contribution in [1.82, 2.24) is 0 Å². The normalized spacial score (nSPS) is 9.40. The summed E-state index contributed by atoms with van der Waals surface area (Å²) >= 11 is 0. The SMILES string of the molecule is CC(=O)O.CC(=O)O.OCC#CC(O)c1ccccc1. The Bertz CT molecular complexity index is 424. The van der Waals surface area contributed by atoms with Crippen molar-refractivity contribution in [3.63, 3.8) is 0 Å². The van der Waals surface area contributed by atoms with Crippen molar-refractivity contribution in [3.8, 4) is 11.8 Å². The summed E-state index contributed by atoms with van der Waals surface area (Å²) in [6, 6.07) is 9.11. The highest BCUT2D eigenvalue weighted by Crippen LogP contribution is 2.09. The lowest BCUT2D eigenvalue weighted by Gasteiger charge is -2.01. The average Bonchev–Trinajstić information content (AvgIpc) is 2.35. The largest absolute Gasteiger partial charge is 0.481 e. The number of hydrogen-bond acceptors (Lipinski definition) is 4. The van der Waals surface area contributed by atoms with E-state index in [1.807, 2.05) is 18.2 Å². The molecule has 0 bridgehead atoms. The number of aliphatic carboxylic acids is 2. The van der Waals surface area contributed by atoms with E-state index in [1.165, 1.54) is 0 Å². The summed E-state index contributed by atoms with van der Waals surface area (Å²) in [7, 11) is 0. The fraction of sp³-hybridized carbons (Fsp3) is 0.286. The highest BCUT2D eigenvalue weighted by Gasteiger charge is 1.99. The van der Waals surface area contributed by atoms with E-state index in [4.69, 9.17) is 24.9 Å². The van der Waals surface area contributed by atoms with Crippen LogP contribution in [0.15, 0.2) is 30.3 Å². The van der Waals surface area contributed by atoms with Crippen LogP contribution < -0.4 is 0 Å². The van der Waals surface area contributed by atoms with Gasteiger partial charge < -0.3 is 20.4 Å². The summed E-state index contributed by atoms with van der Waals surface area (Å²) in [6.45, 7) is 1.95. The van der Waals surface area contributed by atoms with Crippen LogP contribution in [0.25, 0.3) is 0 Å². The Balaban J connectivity index is 0. The van der Waals surface area contributed by atoms with Gasteiger partial charge >= 0.3 is 0 Å². The van der Waals surface area contributed by atoms with Gasteiger partial charge in [-0.3, -0.25) is 9.59 Å². The topological polar surface area (TPSA) is 115 Å². The van der Waals surface area contributed by atoms with E-state index in [1.54, 1.807) is 12.1 Å². The van der Waals surface area contributed by atoms with Gasteiger partial charge in [0, 0.05) is 13.8 Å². The van der Waals surface area contributed by atoms with Gasteiger partial charge in [0.2, 0.25) is 0 Å². The van der Waals surface area contributed by atoms with Gasteiger partial charge in [0.05, 0.1) is 0 Å². The van der Waals surface area contributed by atoms with Crippen molar-refractivity contribution in [2.24, 2.45) is 0 Å². The van der Waals surface area contributed by atoms with E-state index in [0.29, 0.717) is 0 Å². The van der Waals surface area contributed by atoms with E-state index in [9.17, 15) is 5.11 Å². The second kappa shape index (κ2) is 13.1. The molecule has 0 heterocycles. The monoisotopic (exact) mass is 282 g/mol. The third kappa shape index (κ3) is 18.0. The molecule has 1 aromatic carbocycles. The van der Waals surface area contributed by atoms with E-state index >= 15 is 0 Å². The average molecular weight is 282 g/mol. The molecule has 6 nitrogen and oxygen atoms in total. The van der Waals surface area contributed by atoms with Gasteiger partial charge in [-0.05, 0) is 5.56 Å². The number of carbonyl (C=O) groups is 2. The molecule has 0 saturated heterocycles. The maximum atomic E-state index is 9.37. The number of aliphatic hydroxyl groups is 2. The van der Waals surface area contributed by atoms with E-state index < -0.39 is 18.0 Å². The number of aliphatic hydroxyl groups excluding tert-OH is 2. The molecule has 0 aromatic heterocycles. The third-order valence-electron chi connectivity index (χ3n) is 1.43. The first-order chi connectivity index (χ1) is 9.31. The minimum absolute atomic E-state index is 0.218. The van der Waals surface area contributed by atoms with Crippen LogP contribution in [-0.2, 0) is 9.59 Å². The molecule has 0 aliphatic rings. The molecule has 6 heteroatoms. The van der Waals surface area contributed by atoms with Crippen molar-refractivity contribution < 1.29 is 30.0 Å². The van der Waals surface area contributed by atoms with Crippen LogP contribution in [0.2, 0.25) is 0 Å². The lowest BCUT2D eigenvalue weighted by Crippen LogP contribution is -1.92. The molecule has 4 N–H and O–H groups in total. The van der Waals surface area contributed by atoms with Crippen LogP contribution in [0.3, 0.4) is 0 Å². The van der Waals surface area contributed by atoms with Crippen LogP contribution in [0.4, 0.5) is 0 Å². The molecule has 20 heavy (non-hydrogen) atoms. The van der Waals surface area contributed by atoms with E-state index in [-0.39, 0.29) is 6.61 Å². The van der Waals surface area contributed by atoms with Crippen molar-refractivity contribution in [2.45, 2.75) is 20.0 Å². The smallest absolute Gasteiger partial charge is 0.300 e. The Morgan fingerprint density at radius 1 is 1.10 bits per heavy atom. The van der Waals surface area contributed by atoms with Crippen molar-refractivity contribution >= 4 is 11.9 Å². The van der Waals surface area contributed by atoms with Gasteiger partial charge in [-0.2, -0.15) is 0 Å². The molecule has 1 rings (SSSR count). The molecule has 0 amide bonds. The Hall–Kier alpha value is -2.36. The molecule has 1 aromatic rings. The molecular weight excluding hydrogens is 264 g/mol. The second-order valence-electron chi connectivity index (χ2n) is 3.33. The zero-order chi connectivity index (χ0) is 16.0. The summed E-state index contributed by atoms with van der Waals surface area (Å²) in [5.41, 5.74) is 0.749. The predicted octanol–water partition coefficient (Wildman–Crippen LogP) is 0.897. The van der Waals surface area contributed by atoms with Gasteiger partial charge in [-0.1, -0.05) is 42.2 Å². The van der Waals surface area contributed by atoms with Crippen LogP contribution in [-0.4, -0.2) is 39.0 Å². The first kappa shape index (κ1) is 20.0. The maximum absolute atomic E-state index is 9.37. The summed E-state index contributed by atoms with van der Waals surface area (Å²) in [4.78, 5) is 18.0. The highest BCUT2D eigenvalue weighted by molar-refractivity contribution is 5.63. The van der Waals surface area contributed by atoms with Crippen molar-refractivity contribution in [3.05, 3.63) is 35.9 Å². The molecule has 0 radical (unpaired) electrons. The third-order valence-corrected chi connectivity index (χ3v) is 1.43. The molecule has 0 spiro atoms. The molecule has 0 saturated carbocycles. The summed E-state index contributed by atoms with van der Waals surface area (Å²) < 4.78 is 0. The van der Waals surface area contributed by atoms with Crippen LogP contribution in [0.1, 0.15) is 25.5 Å². The minimum Gasteiger partial charge on any atom is -0.481 e. The van der Waals surface area contributed by atoms with Gasteiger partial charge in [0.15, 0.2) is 0 Å². The molecule has 110 valence electrons. The number of rotatable bonds is 1.